The molecular formula is C24H21O4P. The first-order valence-electron chi connectivity index (χ1n) is 10.0. The van der Waals surface area contributed by atoms with Gasteiger partial charge in [-0.15, -0.1) is 0 Å². The van der Waals surface area contributed by atoms with Crippen LogP contribution in [0.3, 0.4) is 0 Å². The third kappa shape index (κ3) is 2.49. The second kappa shape index (κ2) is 6.40. The molecule has 4 nitrogen and oxygen atoms in total. The summed E-state index contributed by atoms with van der Waals surface area (Å²) in [6, 6.07) is 20.3. The number of rotatable bonds is 3. The van der Waals surface area contributed by atoms with Gasteiger partial charge in [-0.25, -0.2) is 0 Å². The first-order chi connectivity index (χ1) is 14.3. The van der Waals surface area contributed by atoms with E-state index in [1.807, 2.05) is 24.3 Å². The second-order valence-corrected chi connectivity index (χ2v) is 8.81. The highest BCUT2D eigenvalue weighted by Crippen LogP contribution is 2.61. The fourth-order valence-electron chi connectivity index (χ4n) is 5.25. The molecule has 3 aromatic rings. The van der Waals surface area contributed by atoms with Crippen molar-refractivity contribution in [2.75, 3.05) is 7.11 Å². The van der Waals surface area contributed by atoms with Crippen LogP contribution in [0.15, 0.2) is 60.7 Å². The normalized spacial score (nSPS) is 18.0. The lowest BCUT2D eigenvalue weighted by molar-refractivity contribution is 0.347. The monoisotopic (exact) mass is 404 g/mol. The van der Waals surface area contributed by atoms with Crippen molar-refractivity contribution in [2.45, 2.75) is 31.1 Å². The average molecular weight is 404 g/mol. The first kappa shape index (κ1) is 17.2. The van der Waals surface area contributed by atoms with Crippen molar-refractivity contribution >= 4 is 8.60 Å². The molecular weight excluding hydrogens is 383 g/mol. The molecule has 0 fully saturated rings. The van der Waals surface area contributed by atoms with Crippen molar-refractivity contribution < 1.29 is 18.3 Å². The maximum absolute atomic E-state index is 6.40. The van der Waals surface area contributed by atoms with Gasteiger partial charge in [0, 0.05) is 16.5 Å². The van der Waals surface area contributed by atoms with Crippen LogP contribution in [0.5, 0.6) is 23.0 Å². The van der Waals surface area contributed by atoms with Crippen molar-refractivity contribution in [3.05, 3.63) is 82.9 Å². The Morgan fingerprint density at radius 1 is 0.759 bits per heavy atom. The average Bonchev–Trinajstić information content (AvgIpc) is 3.31. The summed E-state index contributed by atoms with van der Waals surface area (Å²) in [5.41, 5.74) is 5.46. The molecule has 5 heteroatoms. The predicted molar refractivity (Wildman–Crippen MR) is 112 cm³/mol. The Morgan fingerprint density at radius 2 is 1.34 bits per heavy atom. The zero-order valence-electron chi connectivity index (χ0n) is 16.2. The molecule has 146 valence electrons. The summed E-state index contributed by atoms with van der Waals surface area (Å²) in [5.74, 6) is 3.06. The third-order valence-electron chi connectivity index (χ3n) is 6.41. The summed E-state index contributed by atoms with van der Waals surface area (Å²) < 4.78 is 24.5. The fraction of sp³-hybridized carbons (Fsp3) is 0.250. The molecule has 1 aliphatic heterocycles. The molecule has 3 aliphatic rings. The molecule has 0 atom stereocenters. The molecule has 0 radical (unpaired) electrons. The number of benzene rings is 3. The Kier molecular flexibility index (Phi) is 3.79. The Bertz CT molecular complexity index is 1050. The van der Waals surface area contributed by atoms with Gasteiger partial charge >= 0.3 is 8.60 Å². The van der Waals surface area contributed by atoms with Gasteiger partial charge in [-0.3, -0.25) is 0 Å². The molecule has 0 N–H and O–H groups in total. The van der Waals surface area contributed by atoms with E-state index in [-0.39, 0.29) is 5.41 Å². The molecule has 0 unspecified atom stereocenters. The van der Waals surface area contributed by atoms with Crippen LogP contribution in [0.1, 0.15) is 35.1 Å². The Morgan fingerprint density at radius 3 is 1.93 bits per heavy atom. The maximum Gasteiger partial charge on any atom is 0.530 e. The highest BCUT2D eigenvalue weighted by atomic mass is 31.2. The highest BCUT2D eigenvalue weighted by molar-refractivity contribution is 7.43. The minimum absolute atomic E-state index is 0.00368. The molecule has 0 saturated carbocycles. The smallest absolute Gasteiger partial charge is 0.493 e. The summed E-state index contributed by atoms with van der Waals surface area (Å²) in [6.07, 6.45) is 4.37. The van der Waals surface area contributed by atoms with Crippen LogP contribution < -0.4 is 18.3 Å². The maximum atomic E-state index is 6.40. The molecule has 0 saturated heterocycles. The van der Waals surface area contributed by atoms with Gasteiger partial charge in [0.05, 0.1) is 7.11 Å². The zero-order chi connectivity index (χ0) is 19.4. The van der Waals surface area contributed by atoms with E-state index in [1.165, 1.54) is 22.3 Å². The largest absolute Gasteiger partial charge is 0.530 e. The highest BCUT2D eigenvalue weighted by Gasteiger charge is 2.50. The van der Waals surface area contributed by atoms with Crippen molar-refractivity contribution in [3.63, 3.8) is 0 Å². The van der Waals surface area contributed by atoms with E-state index in [9.17, 15) is 0 Å². The minimum Gasteiger partial charge on any atom is -0.493 e. The van der Waals surface area contributed by atoms with Gasteiger partial charge < -0.3 is 18.3 Å². The van der Waals surface area contributed by atoms with Gasteiger partial charge in [-0.1, -0.05) is 36.4 Å². The third-order valence-corrected chi connectivity index (χ3v) is 7.45. The summed E-state index contributed by atoms with van der Waals surface area (Å²) in [4.78, 5) is 0. The van der Waals surface area contributed by atoms with Gasteiger partial charge in [-0.05, 0) is 61.1 Å². The van der Waals surface area contributed by atoms with Gasteiger partial charge in [0.2, 0.25) is 0 Å². The van der Waals surface area contributed by atoms with E-state index < -0.39 is 8.60 Å². The number of para-hydroxylation sites is 2. The van der Waals surface area contributed by atoms with E-state index in [4.69, 9.17) is 18.3 Å². The van der Waals surface area contributed by atoms with Gasteiger partial charge in [0.15, 0.2) is 11.5 Å². The van der Waals surface area contributed by atoms with Gasteiger partial charge in [0.1, 0.15) is 11.5 Å². The number of ether oxygens (including phenoxy) is 1. The number of methoxy groups -OCH3 is 1. The van der Waals surface area contributed by atoms with Crippen LogP contribution in [0.2, 0.25) is 0 Å². The molecule has 1 heterocycles. The molecule has 2 aliphatic carbocycles. The molecule has 0 amide bonds. The van der Waals surface area contributed by atoms with Crippen LogP contribution in [-0.4, -0.2) is 7.11 Å². The van der Waals surface area contributed by atoms with Crippen molar-refractivity contribution in [2.24, 2.45) is 0 Å². The summed E-state index contributed by atoms with van der Waals surface area (Å²) in [6.45, 7) is 0. The standard InChI is InChI=1S/C24H21O4P/c1-25-18-8-2-3-9-19(18)26-29-27-20-10-4-6-16-12-14-24(22(16)20)15-13-17-7-5-11-21(28-29)23(17)24/h2-11H,12-15H2,1H3. The van der Waals surface area contributed by atoms with Crippen LogP contribution in [-0.2, 0) is 18.3 Å². The number of hydrogen-bond donors (Lipinski definition) is 0. The number of aryl methyl sites for hydroxylation is 2. The van der Waals surface area contributed by atoms with Gasteiger partial charge in [0.25, 0.3) is 0 Å². The summed E-state index contributed by atoms with van der Waals surface area (Å²) in [5, 5.41) is 0. The van der Waals surface area contributed by atoms with E-state index in [0.717, 1.165) is 37.2 Å². The van der Waals surface area contributed by atoms with Crippen molar-refractivity contribution in [1.82, 2.24) is 0 Å². The van der Waals surface area contributed by atoms with E-state index >= 15 is 0 Å². The molecule has 29 heavy (non-hydrogen) atoms. The minimum atomic E-state index is -1.68. The Labute approximate surface area is 171 Å². The van der Waals surface area contributed by atoms with E-state index in [0.29, 0.717) is 11.5 Å². The quantitative estimate of drug-likeness (QED) is 0.506. The SMILES string of the molecule is COc1ccccc1OP1Oc2cccc3c2C2(CC3)CCc3cccc(c32)O1. The summed E-state index contributed by atoms with van der Waals surface area (Å²) in [7, 11) is -0.0408. The molecule has 0 aromatic heterocycles. The topological polar surface area (TPSA) is 36.9 Å². The molecule has 3 aromatic carbocycles. The number of hydrogen-bond acceptors (Lipinski definition) is 4. The van der Waals surface area contributed by atoms with Crippen LogP contribution >= 0.6 is 8.60 Å². The van der Waals surface area contributed by atoms with Crippen LogP contribution in [0.4, 0.5) is 0 Å². The zero-order valence-corrected chi connectivity index (χ0v) is 17.1. The van der Waals surface area contributed by atoms with Crippen LogP contribution in [0.25, 0.3) is 0 Å². The van der Waals surface area contributed by atoms with Crippen LogP contribution in [0, 0.1) is 0 Å². The Hall–Kier alpha value is -2.71. The second-order valence-electron chi connectivity index (χ2n) is 7.81. The lowest BCUT2D eigenvalue weighted by atomic mass is 9.76. The molecule has 1 spiro atoms. The lowest BCUT2D eigenvalue weighted by Crippen LogP contribution is -2.24. The van der Waals surface area contributed by atoms with Crippen molar-refractivity contribution in [3.8, 4) is 23.0 Å². The molecule has 0 bridgehead atoms. The molecule has 6 rings (SSSR count). The van der Waals surface area contributed by atoms with E-state index in [1.54, 1.807) is 7.11 Å². The van der Waals surface area contributed by atoms with Crippen molar-refractivity contribution in [1.29, 1.82) is 0 Å². The lowest BCUT2D eigenvalue weighted by Gasteiger charge is -2.33. The van der Waals surface area contributed by atoms with E-state index in [2.05, 4.69) is 36.4 Å². The van der Waals surface area contributed by atoms with Gasteiger partial charge in [-0.2, -0.15) is 0 Å². The summed E-state index contributed by atoms with van der Waals surface area (Å²) >= 11 is 0. The fourth-order valence-corrected chi connectivity index (χ4v) is 6.29. The Balaban J connectivity index is 1.50. The predicted octanol–water partition coefficient (Wildman–Crippen LogP) is 5.95. The first-order valence-corrected chi connectivity index (χ1v) is 11.1.